The zero-order chi connectivity index (χ0) is 10.5. The molecule has 2 heterocycles. The van der Waals surface area contributed by atoms with Crippen LogP contribution in [0.15, 0.2) is 18.3 Å². The van der Waals surface area contributed by atoms with Crippen molar-refractivity contribution in [3.63, 3.8) is 0 Å². The second-order valence-electron chi connectivity index (χ2n) is 4.25. The van der Waals surface area contributed by atoms with E-state index in [1.165, 1.54) is 32.4 Å². The van der Waals surface area contributed by atoms with Crippen LogP contribution in [0.2, 0.25) is 0 Å². The highest BCUT2D eigenvalue weighted by molar-refractivity contribution is 5.05. The van der Waals surface area contributed by atoms with E-state index in [9.17, 15) is 0 Å². The van der Waals surface area contributed by atoms with Gasteiger partial charge in [0.1, 0.15) is 0 Å². The Morgan fingerprint density at radius 2 is 1.93 bits per heavy atom. The monoisotopic (exact) mass is 208 g/mol. The van der Waals surface area contributed by atoms with Gasteiger partial charge in [-0.05, 0) is 38.1 Å². The second kappa shape index (κ2) is 5.33. The zero-order valence-electron chi connectivity index (χ0n) is 9.23. The number of aliphatic hydroxyl groups excluding tert-OH is 1. The molecule has 3 heteroatoms. The van der Waals surface area contributed by atoms with Gasteiger partial charge in [0.05, 0.1) is 6.61 Å². The van der Waals surface area contributed by atoms with Gasteiger partial charge in [-0.3, -0.25) is 0 Å². The van der Waals surface area contributed by atoms with Gasteiger partial charge in [-0.25, -0.2) is 0 Å². The number of nitrogens with zero attached hydrogens (tertiary/aromatic N) is 2. The van der Waals surface area contributed by atoms with Gasteiger partial charge < -0.3 is 14.6 Å². The Labute approximate surface area is 91.3 Å². The highest BCUT2D eigenvalue weighted by Crippen LogP contribution is 2.09. The predicted molar refractivity (Wildman–Crippen MR) is 60.6 cm³/mol. The van der Waals surface area contributed by atoms with Crippen LogP contribution in [0.5, 0.6) is 0 Å². The van der Waals surface area contributed by atoms with Gasteiger partial charge in [0.25, 0.3) is 0 Å². The van der Waals surface area contributed by atoms with Crippen LogP contribution >= 0.6 is 0 Å². The summed E-state index contributed by atoms with van der Waals surface area (Å²) in [6, 6.07) is 3.98. The van der Waals surface area contributed by atoms with E-state index in [2.05, 4.69) is 15.7 Å². The lowest BCUT2D eigenvalue weighted by atomic mass is 10.1. The van der Waals surface area contributed by atoms with Crippen molar-refractivity contribution >= 4 is 0 Å². The number of aromatic nitrogens is 1. The van der Waals surface area contributed by atoms with Crippen LogP contribution in [-0.2, 0) is 13.2 Å². The van der Waals surface area contributed by atoms with Crippen LogP contribution < -0.4 is 0 Å². The molecule has 0 spiro atoms. The van der Waals surface area contributed by atoms with Crippen LogP contribution in [0.3, 0.4) is 0 Å². The van der Waals surface area contributed by atoms with Crippen molar-refractivity contribution in [2.75, 3.05) is 19.6 Å². The van der Waals surface area contributed by atoms with Crippen molar-refractivity contribution < 1.29 is 5.11 Å². The summed E-state index contributed by atoms with van der Waals surface area (Å²) in [5.41, 5.74) is 1.02. The molecule has 1 fully saturated rings. The van der Waals surface area contributed by atoms with Crippen LogP contribution in [0.4, 0.5) is 0 Å². The minimum atomic E-state index is 0.146. The van der Waals surface area contributed by atoms with E-state index in [0.717, 1.165) is 18.8 Å². The van der Waals surface area contributed by atoms with Crippen LogP contribution in [-0.4, -0.2) is 34.2 Å². The van der Waals surface area contributed by atoms with Gasteiger partial charge in [-0.2, -0.15) is 0 Å². The topological polar surface area (TPSA) is 28.4 Å². The fraction of sp³-hybridized carbons (Fsp3) is 0.667. The van der Waals surface area contributed by atoms with Gasteiger partial charge in [0.15, 0.2) is 0 Å². The van der Waals surface area contributed by atoms with Crippen molar-refractivity contribution in [3.8, 4) is 0 Å². The number of rotatable bonds is 4. The van der Waals surface area contributed by atoms with Gasteiger partial charge in [0, 0.05) is 25.0 Å². The third-order valence-corrected chi connectivity index (χ3v) is 3.19. The second-order valence-corrected chi connectivity index (χ2v) is 4.25. The molecule has 0 amide bonds. The summed E-state index contributed by atoms with van der Waals surface area (Å²) in [5.74, 6) is 0. The van der Waals surface area contributed by atoms with E-state index in [0.29, 0.717) is 0 Å². The summed E-state index contributed by atoms with van der Waals surface area (Å²) < 4.78 is 2.15. The molecule has 1 saturated heterocycles. The van der Waals surface area contributed by atoms with Crippen LogP contribution in [0.25, 0.3) is 0 Å². The molecular formula is C12H20N2O. The normalized spacial score (nSPS) is 18.2. The van der Waals surface area contributed by atoms with Crippen molar-refractivity contribution in [1.82, 2.24) is 9.47 Å². The number of hydrogen-bond acceptors (Lipinski definition) is 2. The quantitative estimate of drug-likeness (QED) is 0.811. The summed E-state index contributed by atoms with van der Waals surface area (Å²) in [4.78, 5) is 2.52. The summed E-state index contributed by atoms with van der Waals surface area (Å²) >= 11 is 0. The highest BCUT2D eigenvalue weighted by atomic mass is 16.3. The van der Waals surface area contributed by atoms with E-state index < -0.39 is 0 Å². The van der Waals surface area contributed by atoms with Crippen molar-refractivity contribution in [2.24, 2.45) is 0 Å². The summed E-state index contributed by atoms with van der Waals surface area (Å²) in [7, 11) is 0. The molecule has 84 valence electrons. The van der Waals surface area contributed by atoms with Crippen molar-refractivity contribution in [2.45, 2.75) is 32.4 Å². The first-order chi connectivity index (χ1) is 7.40. The van der Waals surface area contributed by atoms with E-state index in [4.69, 9.17) is 5.11 Å². The van der Waals surface area contributed by atoms with E-state index in [1.54, 1.807) is 0 Å². The van der Waals surface area contributed by atoms with Gasteiger partial charge >= 0.3 is 0 Å². The lowest BCUT2D eigenvalue weighted by molar-refractivity contribution is 0.216. The Morgan fingerprint density at radius 3 is 2.67 bits per heavy atom. The molecule has 0 bridgehead atoms. The van der Waals surface area contributed by atoms with Gasteiger partial charge in [-0.1, -0.05) is 6.42 Å². The summed E-state index contributed by atoms with van der Waals surface area (Å²) in [5, 5.41) is 9.11. The molecule has 15 heavy (non-hydrogen) atoms. The molecule has 0 unspecified atom stereocenters. The summed E-state index contributed by atoms with van der Waals surface area (Å²) in [6.45, 7) is 4.75. The lowest BCUT2D eigenvalue weighted by Crippen LogP contribution is -2.32. The molecule has 0 saturated carbocycles. The van der Waals surface area contributed by atoms with Crippen molar-refractivity contribution in [3.05, 3.63) is 24.0 Å². The molecule has 0 atom stereocenters. The molecule has 0 aromatic carbocycles. The Kier molecular flexibility index (Phi) is 3.80. The van der Waals surface area contributed by atoms with E-state index in [-0.39, 0.29) is 6.61 Å². The molecule has 1 N–H and O–H groups in total. The minimum absolute atomic E-state index is 0.146. The highest BCUT2D eigenvalue weighted by Gasteiger charge is 2.09. The maximum absolute atomic E-state index is 9.11. The molecule has 1 aromatic heterocycles. The SMILES string of the molecule is OCc1cccn1CCN1CCCCC1. The number of aliphatic hydroxyl groups is 1. The third kappa shape index (κ3) is 2.83. The fourth-order valence-electron chi connectivity index (χ4n) is 2.24. The fourth-order valence-corrected chi connectivity index (χ4v) is 2.24. The Hall–Kier alpha value is -0.800. The van der Waals surface area contributed by atoms with Gasteiger partial charge in [-0.15, -0.1) is 0 Å². The Bertz CT molecular complexity index is 290. The number of piperidine rings is 1. The predicted octanol–water partition coefficient (Wildman–Crippen LogP) is 1.47. The smallest absolute Gasteiger partial charge is 0.0832 e. The van der Waals surface area contributed by atoms with E-state index >= 15 is 0 Å². The maximum Gasteiger partial charge on any atom is 0.0832 e. The zero-order valence-corrected chi connectivity index (χ0v) is 9.23. The Balaban J connectivity index is 1.81. The minimum Gasteiger partial charge on any atom is -0.390 e. The molecule has 1 aromatic rings. The Morgan fingerprint density at radius 1 is 1.13 bits per heavy atom. The van der Waals surface area contributed by atoms with E-state index in [1.807, 2.05) is 12.1 Å². The van der Waals surface area contributed by atoms with Gasteiger partial charge in [0.2, 0.25) is 0 Å². The summed E-state index contributed by atoms with van der Waals surface area (Å²) in [6.07, 6.45) is 6.13. The molecule has 0 aliphatic carbocycles. The first-order valence-electron chi connectivity index (χ1n) is 5.87. The number of hydrogen-bond donors (Lipinski definition) is 1. The molecular weight excluding hydrogens is 188 g/mol. The molecule has 1 aliphatic rings. The lowest BCUT2D eigenvalue weighted by Gasteiger charge is -2.26. The first-order valence-corrected chi connectivity index (χ1v) is 5.87. The van der Waals surface area contributed by atoms with Crippen LogP contribution in [0.1, 0.15) is 25.0 Å². The van der Waals surface area contributed by atoms with Crippen LogP contribution in [0, 0.1) is 0 Å². The molecule has 3 nitrogen and oxygen atoms in total. The maximum atomic E-state index is 9.11. The van der Waals surface area contributed by atoms with Crippen molar-refractivity contribution in [1.29, 1.82) is 0 Å². The number of likely N-dealkylation sites (tertiary alicyclic amines) is 1. The molecule has 2 rings (SSSR count). The standard InChI is InChI=1S/C12H20N2O/c15-11-12-5-4-8-14(12)10-9-13-6-2-1-3-7-13/h4-5,8,15H,1-3,6-7,9-11H2. The average Bonchev–Trinajstić information content (AvgIpc) is 2.75. The molecule has 1 aliphatic heterocycles. The average molecular weight is 208 g/mol. The molecule has 0 radical (unpaired) electrons. The first kappa shape index (κ1) is 10.7. The largest absolute Gasteiger partial charge is 0.390 e. The third-order valence-electron chi connectivity index (χ3n) is 3.19.